The molecule has 0 radical (unpaired) electrons. The van der Waals surface area contributed by atoms with Crippen molar-refractivity contribution in [2.45, 2.75) is 0 Å². The quantitative estimate of drug-likeness (QED) is 0.232. The Kier molecular flexibility index (Phi) is 21.9. The summed E-state index contributed by atoms with van der Waals surface area (Å²) in [6.45, 7) is 0. The molecule has 1 aromatic heterocycles. The minimum Gasteiger partial charge on any atom is -0.453 e. The van der Waals surface area contributed by atoms with Crippen LogP contribution in [0.15, 0.2) is 19.0 Å². The van der Waals surface area contributed by atoms with E-state index in [1.807, 2.05) is 0 Å². The second-order valence-electron chi connectivity index (χ2n) is 7.95. The van der Waals surface area contributed by atoms with Crippen molar-refractivity contribution in [1.82, 2.24) is 50.0 Å². The number of aromatic nitrogens is 2. The first-order valence-electron chi connectivity index (χ1n) is 12.5. The predicted octanol–water partition coefficient (Wildman–Crippen LogP) is -2.10. The molecule has 0 spiro atoms. The first-order valence-corrected chi connectivity index (χ1v) is 12.5. The van der Waals surface area contributed by atoms with Crippen LogP contribution in [-0.4, -0.2) is 149 Å². The van der Waals surface area contributed by atoms with Crippen molar-refractivity contribution in [1.29, 1.82) is 0 Å². The highest BCUT2D eigenvalue weighted by Gasteiger charge is 2.36. The molecule has 23 heteroatoms. The van der Waals surface area contributed by atoms with Gasteiger partial charge in [-0.3, -0.25) is 4.57 Å². The molecule has 2 heterocycles. The van der Waals surface area contributed by atoms with Crippen LogP contribution in [0.5, 0.6) is 0 Å². The Bertz CT molecular complexity index is 1300. The molecule has 0 saturated carbocycles. The summed E-state index contributed by atoms with van der Waals surface area (Å²) in [5, 5.41) is 9.13. The maximum absolute atomic E-state index is 11.2. The Labute approximate surface area is 263 Å². The molecule has 2 rings (SSSR count). The first kappa shape index (κ1) is 44.5. The molecule has 12 amide bonds. The van der Waals surface area contributed by atoms with Gasteiger partial charge >= 0.3 is 59.5 Å². The zero-order chi connectivity index (χ0) is 36.9. The van der Waals surface area contributed by atoms with Gasteiger partial charge < -0.3 is 35.2 Å². The number of nitrogens with zero attached hydrogens (tertiary/aromatic N) is 7. The summed E-state index contributed by atoms with van der Waals surface area (Å²) >= 11 is 0. The molecule has 1 aliphatic heterocycles. The lowest BCUT2D eigenvalue weighted by molar-refractivity contribution is 0.125. The van der Waals surface area contributed by atoms with E-state index in [9.17, 15) is 43.2 Å². The summed E-state index contributed by atoms with van der Waals surface area (Å²) in [4.78, 5) is 103. The molecule has 0 atom stereocenters. The number of carbonyl (C=O) groups is 7. The van der Waals surface area contributed by atoms with Crippen LogP contribution in [0.25, 0.3) is 0 Å². The number of nitrogens with one attached hydrogen (secondary N) is 4. The number of rotatable bonds is 0. The number of carbonyl (C=O) groups excluding carboxylic acids is 7. The summed E-state index contributed by atoms with van der Waals surface area (Å²) in [6, 6.07) is -1.84. The van der Waals surface area contributed by atoms with Crippen LogP contribution in [0.2, 0.25) is 0 Å². The average molecular weight is 666 g/mol. The molecule has 1 aliphatic rings. The van der Waals surface area contributed by atoms with Crippen molar-refractivity contribution >= 4 is 42.3 Å². The Balaban J connectivity index is -0.000000511. The van der Waals surface area contributed by atoms with Gasteiger partial charge in [-0.1, -0.05) is 0 Å². The van der Waals surface area contributed by atoms with Gasteiger partial charge in [0.15, 0.2) is 0 Å². The second-order valence-corrected chi connectivity index (χ2v) is 7.95. The van der Waals surface area contributed by atoms with E-state index in [0.717, 1.165) is 28.7 Å². The number of imide groups is 4. The zero-order valence-corrected chi connectivity index (χ0v) is 28.0. The van der Waals surface area contributed by atoms with Crippen LogP contribution in [0.1, 0.15) is 0 Å². The van der Waals surface area contributed by atoms with Gasteiger partial charge in [-0.05, 0) is 0 Å². The number of ether oxygens (including phenoxy) is 2. The first-order chi connectivity index (χ1) is 21.3. The predicted molar refractivity (Wildman–Crippen MR) is 160 cm³/mol. The van der Waals surface area contributed by atoms with E-state index in [2.05, 4.69) is 40.2 Å². The fraction of sp³-hybridized carbons (Fsp3) is 0.565. The van der Waals surface area contributed by atoms with E-state index in [4.69, 9.17) is 0 Å². The second kappa shape index (κ2) is 22.6. The number of methoxy groups -OCH3 is 2. The van der Waals surface area contributed by atoms with Crippen LogP contribution in [0, 0.1) is 0 Å². The molecule has 0 bridgehead atoms. The van der Waals surface area contributed by atoms with E-state index >= 15 is 0 Å². The van der Waals surface area contributed by atoms with Crippen LogP contribution < -0.4 is 38.4 Å². The third kappa shape index (κ3) is 14.5. The number of hydrogen-bond acceptors (Lipinski definition) is 13. The van der Waals surface area contributed by atoms with Gasteiger partial charge in [-0.15, -0.1) is 0 Å². The van der Waals surface area contributed by atoms with E-state index in [-0.39, 0.29) is 17.7 Å². The van der Waals surface area contributed by atoms with Gasteiger partial charge in [0.25, 0.3) is 0 Å². The fourth-order valence-electron chi connectivity index (χ4n) is 2.28. The van der Waals surface area contributed by atoms with Crippen molar-refractivity contribution in [3.05, 3.63) is 26.7 Å². The molecule has 0 aliphatic carbocycles. The number of urea groups is 5. The highest BCUT2D eigenvalue weighted by molar-refractivity contribution is 6.11. The molecule has 262 valence electrons. The summed E-state index contributed by atoms with van der Waals surface area (Å²) in [6.07, 6.45) is -1.09. The smallest absolute Gasteiger partial charge is 0.425 e. The molecule has 0 aromatic carbocycles. The fourth-order valence-corrected chi connectivity index (χ4v) is 2.28. The lowest BCUT2D eigenvalue weighted by atomic mass is 10.5. The van der Waals surface area contributed by atoms with E-state index in [0.29, 0.717) is 0 Å². The van der Waals surface area contributed by atoms with Crippen molar-refractivity contribution in [3.8, 4) is 0 Å². The van der Waals surface area contributed by atoms with E-state index in [1.165, 1.54) is 91.7 Å². The molecule has 1 aromatic rings. The molecular weight excluding hydrogens is 622 g/mol. The normalized spacial score (nSPS) is 11.0. The highest BCUT2D eigenvalue weighted by Crippen LogP contribution is 2.08. The summed E-state index contributed by atoms with van der Waals surface area (Å²) in [5.41, 5.74) is -0.435. The molecule has 4 N–H and O–H groups in total. The van der Waals surface area contributed by atoms with E-state index < -0.39 is 41.7 Å². The van der Waals surface area contributed by atoms with Crippen LogP contribution in [0.3, 0.4) is 0 Å². The molecule has 1 fully saturated rings. The Morgan fingerprint density at radius 2 is 1.07 bits per heavy atom. The van der Waals surface area contributed by atoms with Gasteiger partial charge in [0.1, 0.15) is 0 Å². The van der Waals surface area contributed by atoms with Gasteiger partial charge in [-0.25, -0.2) is 72.3 Å². The monoisotopic (exact) mass is 665 g/mol. The lowest BCUT2D eigenvalue weighted by Crippen LogP contribution is -2.59. The molecule has 46 heavy (non-hydrogen) atoms. The summed E-state index contributed by atoms with van der Waals surface area (Å²) < 4.78 is 15.1. The van der Waals surface area contributed by atoms with Crippen molar-refractivity contribution in [2.75, 3.05) is 77.6 Å². The summed E-state index contributed by atoms with van der Waals surface area (Å²) in [7, 11) is 18.3. The maximum atomic E-state index is 11.2. The third-order valence-electron chi connectivity index (χ3n) is 5.05. The van der Waals surface area contributed by atoms with Crippen molar-refractivity contribution in [3.63, 3.8) is 0 Å². The molecule has 1 saturated heterocycles. The number of alkyl carbamates (subject to hydrolysis) is 1. The summed E-state index contributed by atoms with van der Waals surface area (Å²) in [5.74, 6) is -0.710. The minimum atomic E-state index is -0.710. The van der Waals surface area contributed by atoms with Crippen LogP contribution >= 0.6 is 0 Å². The van der Waals surface area contributed by atoms with Gasteiger partial charge in [0, 0.05) is 77.5 Å². The topological polar surface area (TPSA) is 269 Å². The largest absolute Gasteiger partial charge is 0.453 e. The zero-order valence-electron chi connectivity index (χ0n) is 28.0. The number of amides is 12. The highest BCUT2D eigenvalue weighted by atomic mass is 16.5. The Morgan fingerprint density at radius 1 is 0.674 bits per heavy atom. The Hall–Kier alpha value is -5.90. The maximum Gasteiger partial charge on any atom is 0.425 e. The minimum absolute atomic E-state index is 0.0168. The molecule has 23 nitrogen and oxygen atoms in total. The molecular formula is C23H43N11O12. The van der Waals surface area contributed by atoms with Crippen molar-refractivity contribution < 1.29 is 47.5 Å². The number of hydrogen-bond donors (Lipinski definition) is 4. The van der Waals surface area contributed by atoms with E-state index in [1.54, 1.807) is 0 Å². The van der Waals surface area contributed by atoms with Gasteiger partial charge in [-0.2, -0.15) is 0 Å². The SMILES string of the molecule is CN1C(=O)N(C)C1=O.CN=c1oc(=O)n(C)c(=O)n1C.CNC(=O)N(C)C(=O)NC.CNC(=O)N(C)C(=O)OC.CNC(=O)OC. The third-order valence-corrected chi connectivity index (χ3v) is 5.05. The molecule has 0 unspecified atom stereocenters. The van der Waals surface area contributed by atoms with Gasteiger partial charge in [0.2, 0.25) is 0 Å². The van der Waals surface area contributed by atoms with Gasteiger partial charge in [0.05, 0.1) is 14.2 Å². The van der Waals surface area contributed by atoms with Crippen LogP contribution in [0.4, 0.5) is 33.6 Å². The Morgan fingerprint density at radius 3 is 1.33 bits per heavy atom. The van der Waals surface area contributed by atoms with Crippen LogP contribution in [-0.2, 0) is 23.6 Å². The van der Waals surface area contributed by atoms with Crippen molar-refractivity contribution in [2.24, 2.45) is 19.1 Å². The lowest BCUT2D eigenvalue weighted by Gasteiger charge is -2.32. The standard InChI is InChI=1S/C6H9N3O3.C5H11N3O2.C5H10N2O3.C4H6N2O2.C3H7NO2/c1-7-4-8(2)5(10)9(3)6(11)12-4;1-6-4(9)8(3)5(10)7-2;1-6-4(8)7(2)5(9)10-3;1-5-3(7)6(2)4(5)8;1-4-3(5)6-2/h1-3H3;1-3H3,(H,6,9)(H,7,10);1-3H3,(H,6,8);1-2H3;1-2H3,(H,4,5). The average Bonchev–Trinajstić information content (AvgIpc) is 3.09.